The van der Waals surface area contributed by atoms with Gasteiger partial charge in [-0.3, -0.25) is 9.59 Å². The summed E-state index contributed by atoms with van der Waals surface area (Å²) in [5, 5.41) is 10.3. The average molecular weight is 312 g/mol. The molecule has 0 aromatic rings. The highest BCUT2D eigenvalue weighted by Crippen LogP contribution is 2.27. The third-order valence-electron chi connectivity index (χ3n) is 3.95. The largest absolute Gasteiger partial charge is 0.388 e. The highest BCUT2D eigenvalue weighted by atomic mass is 16.3. The van der Waals surface area contributed by atoms with E-state index in [1.54, 1.807) is 20.8 Å². The summed E-state index contributed by atoms with van der Waals surface area (Å²) in [6.07, 6.45) is 2.24. The third kappa shape index (κ3) is 4.95. The van der Waals surface area contributed by atoms with E-state index in [0.717, 1.165) is 6.42 Å². The quantitative estimate of drug-likeness (QED) is 0.493. The van der Waals surface area contributed by atoms with Crippen LogP contribution in [0.2, 0.25) is 0 Å². The van der Waals surface area contributed by atoms with Crippen LogP contribution in [0.1, 0.15) is 59.8 Å². The first-order chi connectivity index (χ1) is 10.9. The van der Waals surface area contributed by atoms with Crippen LogP contribution in [0.25, 0.3) is 0 Å². The molecular formula is C20H24O3. The first-order valence-corrected chi connectivity index (χ1v) is 7.98. The zero-order valence-corrected chi connectivity index (χ0v) is 14.4. The van der Waals surface area contributed by atoms with Gasteiger partial charge in [-0.05, 0) is 33.6 Å². The van der Waals surface area contributed by atoms with Crippen LogP contribution >= 0.6 is 0 Å². The smallest absolute Gasteiger partial charge is 0.188 e. The fourth-order valence-electron chi connectivity index (χ4n) is 2.43. The Morgan fingerprint density at radius 1 is 0.913 bits per heavy atom. The molecule has 1 rings (SSSR count). The fraction of sp³-hybridized carbons (Fsp3) is 0.500. The molecule has 0 amide bonds. The molecule has 23 heavy (non-hydrogen) atoms. The number of unbranched alkanes of at least 4 members (excludes halogenated alkanes) is 1. The fourth-order valence-corrected chi connectivity index (χ4v) is 2.43. The van der Waals surface area contributed by atoms with Crippen molar-refractivity contribution in [1.29, 1.82) is 0 Å². The molecule has 0 aromatic heterocycles. The van der Waals surface area contributed by atoms with Crippen molar-refractivity contribution in [2.24, 2.45) is 0 Å². The molecule has 1 aliphatic rings. The lowest BCUT2D eigenvalue weighted by atomic mass is 9.82. The first-order valence-electron chi connectivity index (χ1n) is 7.98. The molecule has 3 nitrogen and oxygen atoms in total. The van der Waals surface area contributed by atoms with Crippen molar-refractivity contribution in [2.75, 3.05) is 0 Å². The summed E-state index contributed by atoms with van der Waals surface area (Å²) in [5.74, 6) is 11.5. The number of carbonyl (C=O) groups is 2. The van der Waals surface area contributed by atoms with Gasteiger partial charge in [0.05, 0.1) is 12.5 Å². The second kappa shape index (κ2) is 9.13. The van der Waals surface area contributed by atoms with Crippen molar-refractivity contribution in [3.8, 4) is 23.7 Å². The van der Waals surface area contributed by atoms with Crippen LogP contribution in [0.15, 0.2) is 22.3 Å². The standard InChI is InChI=1S/C20H24O3/c1-5-6-7-8-9-10-11-12-13-17(21)18-16(4)19(22)14(2)15(3)20(18)23/h17,21H,5,8,11-13H2,1-4H3. The highest BCUT2D eigenvalue weighted by molar-refractivity contribution is 6.24. The molecule has 0 spiro atoms. The van der Waals surface area contributed by atoms with Crippen molar-refractivity contribution >= 4 is 11.6 Å². The van der Waals surface area contributed by atoms with Crippen molar-refractivity contribution < 1.29 is 14.7 Å². The molecule has 0 saturated carbocycles. The van der Waals surface area contributed by atoms with Gasteiger partial charge >= 0.3 is 0 Å². The summed E-state index contributed by atoms with van der Waals surface area (Å²) in [7, 11) is 0. The van der Waals surface area contributed by atoms with Gasteiger partial charge in [-0.1, -0.05) is 18.8 Å². The molecule has 0 aromatic carbocycles. The van der Waals surface area contributed by atoms with E-state index >= 15 is 0 Å². The highest BCUT2D eigenvalue weighted by Gasteiger charge is 2.31. The van der Waals surface area contributed by atoms with E-state index in [-0.39, 0.29) is 17.1 Å². The predicted octanol–water partition coefficient (Wildman–Crippen LogP) is 3.13. The van der Waals surface area contributed by atoms with Crippen LogP contribution in [0.3, 0.4) is 0 Å². The van der Waals surface area contributed by atoms with Crippen LogP contribution in [0.5, 0.6) is 0 Å². The molecule has 0 bridgehead atoms. The van der Waals surface area contributed by atoms with Gasteiger partial charge in [0.15, 0.2) is 11.6 Å². The summed E-state index contributed by atoms with van der Waals surface area (Å²) in [4.78, 5) is 24.4. The normalized spacial score (nSPS) is 15.9. The van der Waals surface area contributed by atoms with Gasteiger partial charge in [0.25, 0.3) is 0 Å². The SMILES string of the molecule is CCC#CCC#CCCCC(O)C1=C(C)C(=O)C(C)=C(C)C1=O. The molecule has 3 heteroatoms. The van der Waals surface area contributed by atoms with Gasteiger partial charge in [-0.25, -0.2) is 0 Å². The summed E-state index contributed by atoms with van der Waals surface area (Å²) in [6.45, 7) is 6.89. The minimum Gasteiger partial charge on any atom is -0.388 e. The van der Waals surface area contributed by atoms with Gasteiger partial charge < -0.3 is 5.11 Å². The Morgan fingerprint density at radius 3 is 2.17 bits per heavy atom. The maximum Gasteiger partial charge on any atom is 0.188 e. The summed E-state index contributed by atoms with van der Waals surface area (Å²) < 4.78 is 0. The van der Waals surface area contributed by atoms with Crippen LogP contribution < -0.4 is 0 Å². The van der Waals surface area contributed by atoms with Crippen LogP contribution in [-0.2, 0) is 9.59 Å². The number of Topliss-reactive ketones (excluding diaryl/α,β-unsaturated/α-hetero) is 2. The number of rotatable bonds is 4. The number of allylic oxidation sites excluding steroid dienone is 3. The van der Waals surface area contributed by atoms with Crippen LogP contribution in [0, 0.1) is 23.7 Å². The van der Waals surface area contributed by atoms with Crippen molar-refractivity contribution in [1.82, 2.24) is 0 Å². The van der Waals surface area contributed by atoms with Crippen molar-refractivity contribution in [3.05, 3.63) is 22.3 Å². The molecule has 0 saturated heterocycles. The van der Waals surface area contributed by atoms with E-state index in [1.807, 2.05) is 6.92 Å². The monoisotopic (exact) mass is 312 g/mol. The number of aliphatic hydroxyl groups is 1. The number of ketones is 2. The molecule has 1 N–H and O–H groups in total. The van der Waals surface area contributed by atoms with E-state index in [4.69, 9.17) is 0 Å². The van der Waals surface area contributed by atoms with E-state index < -0.39 is 6.10 Å². The Bertz CT molecular complexity index is 669. The number of aliphatic hydroxyl groups excluding tert-OH is 1. The minimum atomic E-state index is -0.906. The molecule has 1 aliphatic carbocycles. The van der Waals surface area contributed by atoms with E-state index in [2.05, 4.69) is 23.7 Å². The average Bonchev–Trinajstić information content (AvgIpc) is 2.53. The maximum atomic E-state index is 12.3. The molecule has 0 fully saturated rings. The summed E-state index contributed by atoms with van der Waals surface area (Å²) >= 11 is 0. The Balaban J connectivity index is 2.60. The van der Waals surface area contributed by atoms with Gasteiger partial charge in [0, 0.05) is 35.1 Å². The topological polar surface area (TPSA) is 54.4 Å². The zero-order chi connectivity index (χ0) is 17.4. The van der Waals surface area contributed by atoms with Gasteiger partial charge in [-0.2, -0.15) is 0 Å². The number of hydrogen-bond acceptors (Lipinski definition) is 3. The second-order valence-corrected chi connectivity index (χ2v) is 5.59. The van der Waals surface area contributed by atoms with E-state index in [0.29, 0.717) is 42.4 Å². The maximum absolute atomic E-state index is 12.3. The Hall–Kier alpha value is -2.10. The van der Waals surface area contributed by atoms with Crippen molar-refractivity contribution in [3.63, 3.8) is 0 Å². The third-order valence-corrected chi connectivity index (χ3v) is 3.95. The Morgan fingerprint density at radius 2 is 1.52 bits per heavy atom. The molecule has 122 valence electrons. The van der Waals surface area contributed by atoms with E-state index in [9.17, 15) is 14.7 Å². The van der Waals surface area contributed by atoms with Gasteiger partial charge in [-0.15, -0.1) is 11.8 Å². The molecular weight excluding hydrogens is 288 g/mol. The predicted molar refractivity (Wildman–Crippen MR) is 91.4 cm³/mol. The Kier molecular flexibility index (Phi) is 7.52. The number of carbonyl (C=O) groups excluding carboxylic acids is 2. The van der Waals surface area contributed by atoms with Crippen molar-refractivity contribution in [2.45, 2.75) is 65.9 Å². The lowest BCUT2D eigenvalue weighted by molar-refractivity contribution is -0.117. The molecule has 1 unspecified atom stereocenters. The molecule has 0 aliphatic heterocycles. The zero-order valence-electron chi connectivity index (χ0n) is 14.4. The van der Waals surface area contributed by atoms with E-state index in [1.165, 1.54) is 0 Å². The van der Waals surface area contributed by atoms with Crippen LogP contribution in [-0.4, -0.2) is 22.8 Å². The lowest BCUT2D eigenvalue weighted by Crippen LogP contribution is -2.28. The summed E-state index contributed by atoms with van der Waals surface area (Å²) in [6, 6.07) is 0. The molecule has 0 radical (unpaired) electrons. The molecule has 0 heterocycles. The first kappa shape index (κ1) is 18.9. The lowest BCUT2D eigenvalue weighted by Gasteiger charge is -2.22. The molecule has 1 atom stereocenters. The Labute approximate surface area is 138 Å². The second-order valence-electron chi connectivity index (χ2n) is 5.59. The van der Waals surface area contributed by atoms with Gasteiger partial charge in [0.2, 0.25) is 0 Å². The minimum absolute atomic E-state index is 0.148. The van der Waals surface area contributed by atoms with Crippen LogP contribution in [0.4, 0.5) is 0 Å². The summed E-state index contributed by atoms with van der Waals surface area (Å²) in [5.41, 5.74) is 1.53. The number of hydrogen-bond donors (Lipinski definition) is 1. The van der Waals surface area contributed by atoms with Gasteiger partial charge in [0.1, 0.15) is 0 Å².